The average molecular weight is 489 g/mol. The fourth-order valence-corrected chi connectivity index (χ4v) is 4.00. The van der Waals surface area contributed by atoms with Crippen molar-refractivity contribution in [2.24, 2.45) is 0 Å². The van der Waals surface area contributed by atoms with E-state index in [9.17, 15) is 24.1 Å². The van der Waals surface area contributed by atoms with Gasteiger partial charge in [0.15, 0.2) is 5.16 Å². The van der Waals surface area contributed by atoms with Gasteiger partial charge in [0.2, 0.25) is 11.7 Å². The van der Waals surface area contributed by atoms with Gasteiger partial charge in [0.1, 0.15) is 5.76 Å². The van der Waals surface area contributed by atoms with E-state index in [1.807, 2.05) is 0 Å². The fourth-order valence-electron chi connectivity index (χ4n) is 3.04. The first-order chi connectivity index (χ1) is 15.8. The first-order valence-corrected chi connectivity index (χ1v) is 10.8. The quantitative estimate of drug-likeness (QED) is 0.176. The van der Waals surface area contributed by atoms with Crippen LogP contribution in [0.3, 0.4) is 0 Å². The number of fused-ring (bicyclic) bond motifs is 1. The molecular weight excluding hydrogens is 475 g/mol. The van der Waals surface area contributed by atoms with Gasteiger partial charge in [0, 0.05) is 16.8 Å². The molecule has 0 aliphatic rings. The van der Waals surface area contributed by atoms with Crippen LogP contribution >= 0.6 is 23.4 Å². The molecule has 2 aromatic carbocycles. The molecule has 4 aromatic rings. The number of hydrogen-bond acceptors (Lipinski definition) is 7. The number of carbonyl (C=O) groups excluding carboxylic acids is 1. The van der Waals surface area contributed by atoms with Crippen LogP contribution in [0, 0.1) is 15.9 Å². The van der Waals surface area contributed by atoms with E-state index in [0.717, 1.165) is 23.9 Å². The van der Waals surface area contributed by atoms with Crippen LogP contribution in [0.2, 0.25) is 5.02 Å². The van der Waals surface area contributed by atoms with Gasteiger partial charge < -0.3 is 9.73 Å². The number of amides is 1. The summed E-state index contributed by atoms with van der Waals surface area (Å²) >= 11 is 7.02. The lowest BCUT2D eigenvalue weighted by Crippen LogP contribution is -2.24. The lowest BCUT2D eigenvalue weighted by Gasteiger charge is -2.12. The zero-order chi connectivity index (χ0) is 23.5. The molecule has 0 unspecified atom stereocenters. The summed E-state index contributed by atoms with van der Waals surface area (Å²) in [4.78, 5) is 40.0. The molecule has 2 aromatic heterocycles. The number of anilines is 1. The van der Waals surface area contributed by atoms with E-state index in [1.54, 1.807) is 30.3 Å². The Hall–Kier alpha value is -3.70. The van der Waals surface area contributed by atoms with Gasteiger partial charge in [-0.15, -0.1) is 0 Å². The van der Waals surface area contributed by atoms with Crippen LogP contribution in [0.1, 0.15) is 5.76 Å². The monoisotopic (exact) mass is 488 g/mol. The smallest absolute Gasteiger partial charge is 0.306 e. The van der Waals surface area contributed by atoms with E-state index in [4.69, 9.17) is 16.0 Å². The SMILES string of the molecule is O=C(CSc1nc2cc(Cl)ccc2c(=O)n1Cc1ccco1)Nc1ccc(F)c([N+](=O)[O-])c1. The molecule has 0 aliphatic heterocycles. The topological polar surface area (TPSA) is 120 Å². The van der Waals surface area contributed by atoms with E-state index in [1.165, 1.54) is 16.9 Å². The lowest BCUT2D eigenvalue weighted by molar-refractivity contribution is -0.387. The van der Waals surface area contributed by atoms with Gasteiger partial charge >= 0.3 is 5.69 Å². The Labute approximate surface area is 194 Å². The second kappa shape index (κ2) is 9.43. The maximum Gasteiger partial charge on any atom is 0.306 e. The summed E-state index contributed by atoms with van der Waals surface area (Å²) in [5, 5.41) is 14.4. The summed E-state index contributed by atoms with van der Waals surface area (Å²) in [6.07, 6.45) is 1.48. The lowest BCUT2D eigenvalue weighted by atomic mass is 10.2. The molecule has 9 nitrogen and oxygen atoms in total. The second-order valence-electron chi connectivity index (χ2n) is 6.79. The van der Waals surface area contributed by atoms with Gasteiger partial charge in [0.05, 0.1) is 34.4 Å². The Bertz CT molecular complexity index is 1420. The summed E-state index contributed by atoms with van der Waals surface area (Å²) in [5.74, 6) is -1.17. The van der Waals surface area contributed by atoms with Crippen LogP contribution in [0.5, 0.6) is 0 Å². The number of halogens is 2. The normalized spacial score (nSPS) is 11.0. The van der Waals surface area contributed by atoms with Crippen LogP contribution in [0.25, 0.3) is 10.9 Å². The van der Waals surface area contributed by atoms with Gasteiger partial charge in [-0.25, -0.2) is 4.98 Å². The number of nitro benzene ring substituents is 1. The van der Waals surface area contributed by atoms with Crippen molar-refractivity contribution in [3.8, 4) is 0 Å². The zero-order valence-corrected chi connectivity index (χ0v) is 18.2. The number of aromatic nitrogens is 2. The number of nitrogens with one attached hydrogen (secondary N) is 1. The molecular formula is C21H14ClFN4O5S. The van der Waals surface area contributed by atoms with Crippen molar-refractivity contribution < 1.29 is 18.5 Å². The molecule has 1 N–H and O–H groups in total. The average Bonchev–Trinajstić information content (AvgIpc) is 3.29. The fraction of sp³-hybridized carbons (Fsp3) is 0.0952. The Balaban J connectivity index is 1.59. The van der Waals surface area contributed by atoms with Crippen LogP contribution in [-0.4, -0.2) is 26.1 Å². The first-order valence-electron chi connectivity index (χ1n) is 9.41. The number of hydrogen-bond donors (Lipinski definition) is 1. The van der Waals surface area contributed by atoms with Crippen molar-refractivity contribution >= 4 is 51.5 Å². The number of rotatable bonds is 7. The molecule has 0 saturated heterocycles. The number of furan rings is 1. The molecule has 0 aliphatic carbocycles. The van der Waals surface area contributed by atoms with Crippen LogP contribution in [0.4, 0.5) is 15.8 Å². The molecule has 0 radical (unpaired) electrons. The molecule has 2 heterocycles. The van der Waals surface area contributed by atoms with E-state index >= 15 is 0 Å². The summed E-state index contributed by atoms with van der Waals surface area (Å²) < 4.78 is 20.2. The van der Waals surface area contributed by atoms with E-state index in [0.29, 0.717) is 21.7 Å². The molecule has 0 fully saturated rings. The van der Waals surface area contributed by atoms with Gasteiger partial charge in [-0.3, -0.25) is 24.3 Å². The third-order valence-electron chi connectivity index (χ3n) is 4.54. The Kier molecular flexibility index (Phi) is 6.43. The number of nitro groups is 1. The summed E-state index contributed by atoms with van der Waals surface area (Å²) in [5.41, 5.74) is -0.633. The van der Waals surface area contributed by atoms with Gasteiger partial charge in [-0.05, 0) is 42.5 Å². The number of thioether (sulfide) groups is 1. The predicted octanol–water partition coefficient (Wildman–Crippen LogP) is 4.47. The van der Waals surface area contributed by atoms with Gasteiger partial charge in [-0.1, -0.05) is 23.4 Å². The van der Waals surface area contributed by atoms with Crippen molar-refractivity contribution in [1.29, 1.82) is 0 Å². The number of nitrogens with zero attached hydrogens (tertiary/aromatic N) is 3. The third kappa shape index (κ3) is 5.04. The maximum absolute atomic E-state index is 13.5. The van der Waals surface area contributed by atoms with Crippen LogP contribution < -0.4 is 10.9 Å². The standard InChI is InChI=1S/C21H14ClFN4O5S/c22-12-3-5-15-17(8-12)25-21(26(20(15)29)10-14-2-1-7-32-14)33-11-19(28)24-13-4-6-16(23)18(9-13)27(30)31/h1-9H,10-11H2,(H,24,28). The molecule has 0 spiro atoms. The highest BCUT2D eigenvalue weighted by Gasteiger charge is 2.17. The van der Waals surface area contributed by atoms with Gasteiger partial charge in [-0.2, -0.15) is 4.39 Å². The highest BCUT2D eigenvalue weighted by Crippen LogP contribution is 2.24. The molecule has 0 bridgehead atoms. The molecule has 0 saturated carbocycles. The van der Waals surface area contributed by atoms with Crippen molar-refractivity contribution in [1.82, 2.24) is 9.55 Å². The zero-order valence-electron chi connectivity index (χ0n) is 16.7. The van der Waals surface area contributed by atoms with E-state index in [-0.39, 0.29) is 28.7 Å². The summed E-state index contributed by atoms with van der Waals surface area (Å²) in [6, 6.07) is 11.2. The van der Waals surface area contributed by atoms with Crippen LogP contribution in [-0.2, 0) is 11.3 Å². The molecule has 168 valence electrons. The molecule has 33 heavy (non-hydrogen) atoms. The third-order valence-corrected chi connectivity index (χ3v) is 5.75. The summed E-state index contributed by atoms with van der Waals surface area (Å²) in [7, 11) is 0. The van der Waals surface area contributed by atoms with Gasteiger partial charge in [0.25, 0.3) is 5.56 Å². The minimum Gasteiger partial charge on any atom is -0.467 e. The number of carbonyl (C=O) groups is 1. The Morgan fingerprint density at radius 1 is 1.27 bits per heavy atom. The van der Waals surface area contributed by atoms with Crippen molar-refractivity contribution in [3.63, 3.8) is 0 Å². The van der Waals surface area contributed by atoms with Crippen molar-refractivity contribution in [2.45, 2.75) is 11.7 Å². The minimum atomic E-state index is -1.01. The largest absolute Gasteiger partial charge is 0.467 e. The molecule has 0 atom stereocenters. The highest BCUT2D eigenvalue weighted by atomic mass is 35.5. The maximum atomic E-state index is 13.5. The molecule has 4 rings (SSSR count). The Morgan fingerprint density at radius 3 is 2.82 bits per heavy atom. The predicted molar refractivity (Wildman–Crippen MR) is 121 cm³/mol. The van der Waals surface area contributed by atoms with Crippen molar-refractivity contribution in [2.75, 3.05) is 11.1 Å². The summed E-state index contributed by atoms with van der Waals surface area (Å²) in [6.45, 7) is 0.103. The first kappa shape index (κ1) is 22.5. The van der Waals surface area contributed by atoms with Crippen LogP contribution in [0.15, 0.2) is 69.2 Å². The number of benzene rings is 2. The highest BCUT2D eigenvalue weighted by molar-refractivity contribution is 7.99. The second-order valence-corrected chi connectivity index (χ2v) is 8.17. The minimum absolute atomic E-state index is 0.0694. The molecule has 12 heteroatoms. The molecule has 1 amide bonds. The van der Waals surface area contributed by atoms with E-state index < -0.39 is 22.3 Å². The van der Waals surface area contributed by atoms with Crippen molar-refractivity contribution in [3.05, 3.63) is 91.9 Å². The van der Waals surface area contributed by atoms with E-state index in [2.05, 4.69) is 10.3 Å². The Morgan fingerprint density at radius 2 is 2.09 bits per heavy atom.